The van der Waals surface area contributed by atoms with Gasteiger partial charge >= 0.3 is 0 Å². The minimum Gasteiger partial charge on any atom is -0.380 e. The first-order valence-electron chi connectivity index (χ1n) is 8.20. The Morgan fingerprint density at radius 3 is 2.62 bits per heavy atom. The van der Waals surface area contributed by atoms with Crippen LogP contribution in [0.2, 0.25) is 0 Å². The van der Waals surface area contributed by atoms with Gasteiger partial charge in [0.25, 0.3) is 0 Å². The van der Waals surface area contributed by atoms with Gasteiger partial charge in [-0.25, -0.2) is 0 Å². The van der Waals surface area contributed by atoms with Crippen LogP contribution in [0.25, 0.3) is 0 Å². The van der Waals surface area contributed by atoms with Gasteiger partial charge in [0.15, 0.2) is 0 Å². The number of hydrogen-bond donors (Lipinski definition) is 1. The lowest BCUT2D eigenvalue weighted by atomic mass is 9.96. The zero-order chi connectivity index (χ0) is 15.1. The third-order valence-corrected chi connectivity index (χ3v) is 4.37. The second-order valence-electron chi connectivity index (χ2n) is 6.47. The predicted octanol–water partition coefficient (Wildman–Crippen LogP) is 3.04. The van der Waals surface area contributed by atoms with Crippen molar-refractivity contribution in [3.8, 4) is 0 Å². The molecule has 0 aromatic heterocycles. The van der Waals surface area contributed by atoms with Crippen LogP contribution in [0, 0.1) is 5.92 Å². The van der Waals surface area contributed by atoms with Crippen molar-refractivity contribution in [2.24, 2.45) is 5.92 Å². The largest absolute Gasteiger partial charge is 0.380 e. The van der Waals surface area contributed by atoms with Gasteiger partial charge in [0, 0.05) is 26.2 Å². The van der Waals surface area contributed by atoms with Crippen molar-refractivity contribution in [2.75, 3.05) is 26.7 Å². The quantitative estimate of drug-likeness (QED) is 0.835. The molecule has 1 aromatic rings. The Bertz CT molecular complexity index is 413. The molecule has 1 N–H and O–H groups in total. The number of benzene rings is 1. The molecule has 0 bridgehead atoms. The fourth-order valence-electron chi connectivity index (χ4n) is 3.07. The Hall–Kier alpha value is -0.900. The van der Waals surface area contributed by atoms with E-state index in [1.807, 2.05) is 0 Å². The monoisotopic (exact) mass is 290 g/mol. The van der Waals surface area contributed by atoms with Gasteiger partial charge in [-0.3, -0.25) is 4.90 Å². The molecule has 1 heterocycles. The van der Waals surface area contributed by atoms with E-state index in [2.05, 4.69) is 48.3 Å². The normalized spacial score (nSPS) is 16.8. The molecule has 3 heteroatoms. The maximum absolute atomic E-state index is 5.24. The number of methoxy groups -OCH3 is 1. The van der Waals surface area contributed by atoms with E-state index in [-0.39, 0.29) is 0 Å². The Morgan fingerprint density at radius 2 is 1.95 bits per heavy atom. The van der Waals surface area contributed by atoms with E-state index in [1.165, 1.54) is 43.6 Å². The van der Waals surface area contributed by atoms with Gasteiger partial charge in [0.2, 0.25) is 0 Å². The van der Waals surface area contributed by atoms with Crippen LogP contribution in [0.5, 0.6) is 0 Å². The first-order valence-corrected chi connectivity index (χ1v) is 8.20. The molecule has 0 atom stereocenters. The summed E-state index contributed by atoms with van der Waals surface area (Å²) in [5.74, 6) is 0.843. The minimum atomic E-state index is 0.589. The zero-order valence-electron chi connectivity index (χ0n) is 13.8. The average Bonchev–Trinajstić information content (AvgIpc) is 2.48. The number of hydrogen-bond acceptors (Lipinski definition) is 3. The third-order valence-electron chi connectivity index (χ3n) is 4.37. The summed E-state index contributed by atoms with van der Waals surface area (Å²) in [6.45, 7) is 9.93. The van der Waals surface area contributed by atoms with Crippen LogP contribution in [-0.2, 0) is 17.9 Å². The maximum atomic E-state index is 5.24. The van der Waals surface area contributed by atoms with Gasteiger partial charge in [0.1, 0.15) is 0 Å². The molecule has 1 aromatic carbocycles. The maximum Gasteiger partial charge on any atom is 0.0713 e. The number of piperidine rings is 1. The van der Waals surface area contributed by atoms with Crippen LogP contribution in [0.1, 0.15) is 37.8 Å². The van der Waals surface area contributed by atoms with Gasteiger partial charge in [-0.2, -0.15) is 0 Å². The van der Waals surface area contributed by atoms with Gasteiger partial charge in [-0.15, -0.1) is 0 Å². The summed E-state index contributed by atoms with van der Waals surface area (Å²) in [5, 5.41) is 3.46. The summed E-state index contributed by atoms with van der Waals surface area (Å²) in [7, 11) is 1.75. The Morgan fingerprint density at radius 1 is 1.24 bits per heavy atom. The van der Waals surface area contributed by atoms with Crippen molar-refractivity contribution in [1.29, 1.82) is 0 Å². The number of nitrogens with one attached hydrogen (secondary N) is 1. The first-order chi connectivity index (χ1) is 10.2. The second-order valence-corrected chi connectivity index (χ2v) is 6.47. The Labute approximate surface area is 129 Å². The van der Waals surface area contributed by atoms with E-state index in [9.17, 15) is 0 Å². The topological polar surface area (TPSA) is 24.5 Å². The highest BCUT2D eigenvalue weighted by Gasteiger charge is 2.19. The van der Waals surface area contributed by atoms with E-state index in [1.54, 1.807) is 7.11 Å². The molecule has 118 valence electrons. The summed E-state index contributed by atoms with van der Waals surface area (Å²) in [6, 6.07) is 9.39. The summed E-state index contributed by atoms with van der Waals surface area (Å²) in [5.41, 5.74) is 2.66. The van der Waals surface area contributed by atoms with Gasteiger partial charge in [0.05, 0.1) is 6.61 Å². The van der Waals surface area contributed by atoms with E-state index in [4.69, 9.17) is 4.74 Å². The number of ether oxygens (including phenoxy) is 1. The van der Waals surface area contributed by atoms with Crippen LogP contribution in [0.15, 0.2) is 24.3 Å². The SMILES string of the molecule is COCc1cccc(CN(CC2CCNCC2)C(C)C)c1. The summed E-state index contributed by atoms with van der Waals surface area (Å²) >= 11 is 0. The summed E-state index contributed by atoms with van der Waals surface area (Å²) in [6.07, 6.45) is 2.62. The zero-order valence-corrected chi connectivity index (χ0v) is 13.8. The van der Waals surface area contributed by atoms with Crippen LogP contribution in [0.4, 0.5) is 0 Å². The molecule has 1 saturated heterocycles. The highest BCUT2D eigenvalue weighted by molar-refractivity contribution is 5.23. The molecule has 0 aliphatic carbocycles. The van der Waals surface area contributed by atoms with E-state index < -0.39 is 0 Å². The lowest BCUT2D eigenvalue weighted by molar-refractivity contribution is 0.161. The van der Waals surface area contributed by atoms with E-state index in [0.717, 1.165) is 12.5 Å². The molecule has 0 unspecified atom stereocenters. The van der Waals surface area contributed by atoms with E-state index in [0.29, 0.717) is 12.6 Å². The predicted molar refractivity (Wildman–Crippen MR) is 88.3 cm³/mol. The van der Waals surface area contributed by atoms with Crippen LogP contribution in [0.3, 0.4) is 0 Å². The molecule has 1 aliphatic rings. The molecule has 0 spiro atoms. The average molecular weight is 290 g/mol. The van der Waals surface area contributed by atoms with Crippen molar-refractivity contribution in [3.63, 3.8) is 0 Å². The standard InChI is InChI=1S/C18H30N2O/c1-15(2)20(12-16-7-9-19-10-8-16)13-17-5-4-6-18(11-17)14-21-3/h4-6,11,15-16,19H,7-10,12-14H2,1-3H3. The molecule has 3 nitrogen and oxygen atoms in total. The highest BCUT2D eigenvalue weighted by Crippen LogP contribution is 2.18. The number of rotatable bonds is 7. The lowest BCUT2D eigenvalue weighted by Crippen LogP contribution is -2.39. The molecule has 0 saturated carbocycles. The van der Waals surface area contributed by atoms with Crippen molar-refractivity contribution < 1.29 is 4.74 Å². The van der Waals surface area contributed by atoms with Crippen molar-refractivity contribution in [1.82, 2.24) is 10.2 Å². The summed E-state index contributed by atoms with van der Waals surface area (Å²) in [4.78, 5) is 2.61. The van der Waals surface area contributed by atoms with Crippen molar-refractivity contribution in [3.05, 3.63) is 35.4 Å². The van der Waals surface area contributed by atoms with Crippen molar-refractivity contribution in [2.45, 2.75) is 45.9 Å². The Kier molecular flexibility index (Phi) is 6.68. The first kappa shape index (κ1) is 16.5. The minimum absolute atomic E-state index is 0.589. The Balaban J connectivity index is 1.96. The molecular weight excluding hydrogens is 260 g/mol. The molecule has 1 fully saturated rings. The lowest BCUT2D eigenvalue weighted by Gasteiger charge is -2.33. The van der Waals surface area contributed by atoms with Gasteiger partial charge < -0.3 is 10.1 Å². The molecular formula is C18H30N2O. The second kappa shape index (κ2) is 8.52. The molecule has 0 radical (unpaired) electrons. The molecule has 0 amide bonds. The van der Waals surface area contributed by atoms with E-state index >= 15 is 0 Å². The molecule has 1 aliphatic heterocycles. The molecule has 21 heavy (non-hydrogen) atoms. The van der Waals surface area contributed by atoms with Crippen LogP contribution < -0.4 is 5.32 Å². The van der Waals surface area contributed by atoms with Crippen molar-refractivity contribution >= 4 is 0 Å². The fraction of sp³-hybridized carbons (Fsp3) is 0.667. The molecule has 2 rings (SSSR count). The van der Waals surface area contributed by atoms with Crippen LogP contribution >= 0.6 is 0 Å². The van der Waals surface area contributed by atoms with Gasteiger partial charge in [-0.05, 0) is 56.8 Å². The third kappa shape index (κ3) is 5.42. The van der Waals surface area contributed by atoms with Gasteiger partial charge in [-0.1, -0.05) is 24.3 Å². The number of nitrogens with zero attached hydrogens (tertiary/aromatic N) is 1. The van der Waals surface area contributed by atoms with Crippen LogP contribution in [-0.4, -0.2) is 37.7 Å². The summed E-state index contributed by atoms with van der Waals surface area (Å²) < 4.78 is 5.24. The smallest absolute Gasteiger partial charge is 0.0713 e. The highest BCUT2D eigenvalue weighted by atomic mass is 16.5. The fourth-order valence-corrected chi connectivity index (χ4v) is 3.07.